The number of anilines is 1. The number of hydrogen-bond donors (Lipinski definition) is 0. The molecule has 0 saturated carbocycles. The number of amides is 1. The van der Waals surface area contributed by atoms with Gasteiger partial charge in [0.15, 0.2) is 11.9 Å². The van der Waals surface area contributed by atoms with Crippen LogP contribution in [0.1, 0.15) is 34.1 Å². The SMILES string of the molecule is CCC(C)OC(=O)CN1C(=O)C(C(C)C)Oc2cc([N+](=O)[O-])ccc21. The number of rotatable bonds is 6. The smallest absolute Gasteiger partial charge is 0.326 e. The molecule has 2 unspecified atom stereocenters. The fraction of sp³-hybridized carbons (Fsp3) is 0.529. The number of fused-ring (bicyclic) bond motifs is 1. The molecule has 8 heteroatoms. The quantitative estimate of drug-likeness (QED) is 0.444. The van der Waals surface area contributed by atoms with Crippen LogP contribution in [-0.2, 0) is 14.3 Å². The third-order valence-electron chi connectivity index (χ3n) is 4.01. The normalized spacial score (nSPS) is 17.7. The lowest BCUT2D eigenvalue weighted by Gasteiger charge is -2.35. The average Bonchev–Trinajstić information content (AvgIpc) is 2.56. The van der Waals surface area contributed by atoms with Gasteiger partial charge in [0.2, 0.25) is 0 Å². The molecule has 0 bridgehead atoms. The van der Waals surface area contributed by atoms with Gasteiger partial charge in [0.05, 0.1) is 22.8 Å². The van der Waals surface area contributed by atoms with Gasteiger partial charge in [0.1, 0.15) is 6.54 Å². The summed E-state index contributed by atoms with van der Waals surface area (Å²) < 4.78 is 10.9. The summed E-state index contributed by atoms with van der Waals surface area (Å²) in [6, 6.07) is 3.96. The molecule has 1 aliphatic heterocycles. The first kappa shape index (κ1) is 18.7. The van der Waals surface area contributed by atoms with Crippen LogP contribution in [0.4, 0.5) is 11.4 Å². The Hall–Kier alpha value is -2.64. The van der Waals surface area contributed by atoms with Crippen molar-refractivity contribution in [3.8, 4) is 5.75 Å². The second-order valence-corrected chi connectivity index (χ2v) is 6.32. The molecule has 0 aromatic heterocycles. The monoisotopic (exact) mass is 350 g/mol. The molecule has 1 aromatic carbocycles. The van der Waals surface area contributed by atoms with Crippen molar-refractivity contribution >= 4 is 23.3 Å². The molecule has 0 radical (unpaired) electrons. The summed E-state index contributed by atoms with van der Waals surface area (Å²) in [5.74, 6) is -0.842. The summed E-state index contributed by atoms with van der Waals surface area (Å²) in [5, 5.41) is 11.0. The molecule has 0 spiro atoms. The second kappa shape index (κ2) is 7.50. The first-order valence-electron chi connectivity index (χ1n) is 8.20. The van der Waals surface area contributed by atoms with Crippen molar-refractivity contribution in [3.05, 3.63) is 28.3 Å². The zero-order valence-electron chi connectivity index (χ0n) is 14.7. The standard InChI is InChI=1S/C17H22N2O6/c1-5-11(4)24-15(20)9-18-13-7-6-12(19(22)23)8-14(13)25-16(10(2)3)17(18)21/h6-8,10-11,16H,5,9H2,1-4H3. The number of nitrogens with zero attached hydrogens (tertiary/aromatic N) is 2. The number of nitro benzene ring substituents is 1. The lowest BCUT2D eigenvalue weighted by atomic mass is 10.0. The van der Waals surface area contributed by atoms with Gasteiger partial charge in [-0.05, 0) is 25.3 Å². The van der Waals surface area contributed by atoms with E-state index in [2.05, 4.69) is 0 Å². The largest absolute Gasteiger partial charge is 0.478 e. The Labute approximate surface area is 145 Å². The van der Waals surface area contributed by atoms with E-state index in [0.717, 1.165) is 0 Å². The topological polar surface area (TPSA) is 99.0 Å². The van der Waals surface area contributed by atoms with E-state index in [0.29, 0.717) is 12.1 Å². The fourth-order valence-electron chi connectivity index (χ4n) is 2.45. The van der Waals surface area contributed by atoms with Crippen LogP contribution < -0.4 is 9.64 Å². The van der Waals surface area contributed by atoms with Crippen LogP contribution in [0.5, 0.6) is 5.75 Å². The third-order valence-corrected chi connectivity index (χ3v) is 4.01. The summed E-state index contributed by atoms with van der Waals surface area (Å²) in [4.78, 5) is 36.5. The molecule has 0 fully saturated rings. The highest BCUT2D eigenvalue weighted by Gasteiger charge is 2.38. The number of carbonyl (C=O) groups excluding carboxylic acids is 2. The van der Waals surface area contributed by atoms with E-state index in [-0.39, 0.29) is 35.9 Å². The first-order chi connectivity index (χ1) is 11.7. The fourth-order valence-corrected chi connectivity index (χ4v) is 2.45. The second-order valence-electron chi connectivity index (χ2n) is 6.32. The molecule has 1 amide bonds. The predicted octanol–water partition coefficient (Wildman–Crippen LogP) is 2.69. The Morgan fingerprint density at radius 1 is 1.40 bits per heavy atom. The highest BCUT2D eigenvalue weighted by Crippen LogP contribution is 2.38. The molecule has 136 valence electrons. The van der Waals surface area contributed by atoms with Gasteiger partial charge in [0, 0.05) is 6.07 Å². The van der Waals surface area contributed by atoms with Gasteiger partial charge in [-0.25, -0.2) is 0 Å². The summed E-state index contributed by atoms with van der Waals surface area (Å²) in [6.45, 7) is 7.01. The number of esters is 1. The summed E-state index contributed by atoms with van der Waals surface area (Å²) >= 11 is 0. The van der Waals surface area contributed by atoms with Crippen molar-refractivity contribution in [2.45, 2.75) is 46.3 Å². The van der Waals surface area contributed by atoms with Crippen LogP contribution in [-0.4, -0.2) is 35.6 Å². The molecule has 2 atom stereocenters. The van der Waals surface area contributed by atoms with Gasteiger partial charge < -0.3 is 9.47 Å². The number of benzene rings is 1. The Morgan fingerprint density at radius 3 is 2.64 bits per heavy atom. The Balaban J connectivity index is 2.35. The maximum absolute atomic E-state index is 12.7. The maximum atomic E-state index is 12.7. The van der Waals surface area contributed by atoms with E-state index in [9.17, 15) is 19.7 Å². The number of carbonyl (C=O) groups is 2. The number of ether oxygens (including phenoxy) is 2. The van der Waals surface area contributed by atoms with Crippen molar-refractivity contribution in [3.63, 3.8) is 0 Å². The summed E-state index contributed by atoms with van der Waals surface area (Å²) in [6.07, 6.45) is -0.396. The summed E-state index contributed by atoms with van der Waals surface area (Å²) in [7, 11) is 0. The number of hydrogen-bond acceptors (Lipinski definition) is 6. The van der Waals surface area contributed by atoms with Crippen LogP contribution >= 0.6 is 0 Å². The highest BCUT2D eigenvalue weighted by molar-refractivity contribution is 6.03. The molecule has 0 N–H and O–H groups in total. The van der Waals surface area contributed by atoms with Crippen molar-refractivity contribution in [1.29, 1.82) is 0 Å². The van der Waals surface area contributed by atoms with Crippen molar-refractivity contribution < 1.29 is 24.0 Å². The molecule has 1 aromatic rings. The Morgan fingerprint density at radius 2 is 2.08 bits per heavy atom. The van der Waals surface area contributed by atoms with Gasteiger partial charge in [-0.2, -0.15) is 0 Å². The minimum Gasteiger partial charge on any atom is -0.478 e. The van der Waals surface area contributed by atoms with Crippen LogP contribution in [0, 0.1) is 16.0 Å². The third kappa shape index (κ3) is 4.07. The molecule has 8 nitrogen and oxygen atoms in total. The van der Waals surface area contributed by atoms with E-state index in [1.54, 1.807) is 20.8 Å². The highest BCUT2D eigenvalue weighted by atomic mass is 16.6. The number of nitro groups is 1. The van der Waals surface area contributed by atoms with Crippen molar-refractivity contribution in [2.75, 3.05) is 11.4 Å². The van der Waals surface area contributed by atoms with Crippen LogP contribution in [0.15, 0.2) is 18.2 Å². The van der Waals surface area contributed by atoms with E-state index in [1.807, 2.05) is 6.92 Å². The van der Waals surface area contributed by atoms with Crippen molar-refractivity contribution in [1.82, 2.24) is 0 Å². The zero-order chi connectivity index (χ0) is 18.7. The summed E-state index contributed by atoms with van der Waals surface area (Å²) in [5.41, 5.74) is 0.186. The molecule has 0 aliphatic carbocycles. The molecular weight excluding hydrogens is 328 g/mol. The van der Waals surface area contributed by atoms with E-state index >= 15 is 0 Å². The molecule has 2 rings (SSSR count). The minimum atomic E-state index is -0.814. The molecular formula is C17H22N2O6. The van der Waals surface area contributed by atoms with E-state index < -0.39 is 17.0 Å². The van der Waals surface area contributed by atoms with E-state index in [4.69, 9.17) is 9.47 Å². The van der Waals surface area contributed by atoms with Gasteiger partial charge in [-0.1, -0.05) is 20.8 Å². The predicted molar refractivity (Wildman–Crippen MR) is 90.5 cm³/mol. The molecule has 1 heterocycles. The number of non-ortho nitro benzene ring substituents is 1. The zero-order valence-corrected chi connectivity index (χ0v) is 14.7. The van der Waals surface area contributed by atoms with Crippen LogP contribution in [0.2, 0.25) is 0 Å². The minimum absolute atomic E-state index is 0.141. The van der Waals surface area contributed by atoms with Crippen LogP contribution in [0.25, 0.3) is 0 Å². The van der Waals surface area contributed by atoms with Gasteiger partial charge >= 0.3 is 5.97 Å². The maximum Gasteiger partial charge on any atom is 0.326 e. The van der Waals surface area contributed by atoms with Gasteiger partial charge in [0.25, 0.3) is 11.6 Å². The lowest BCUT2D eigenvalue weighted by molar-refractivity contribution is -0.384. The average molecular weight is 350 g/mol. The molecule has 0 saturated heterocycles. The molecule has 25 heavy (non-hydrogen) atoms. The molecule has 1 aliphatic rings. The van der Waals surface area contributed by atoms with Gasteiger partial charge in [-0.3, -0.25) is 24.6 Å². The van der Waals surface area contributed by atoms with Crippen LogP contribution in [0.3, 0.4) is 0 Å². The lowest BCUT2D eigenvalue weighted by Crippen LogP contribution is -2.50. The van der Waals surface area contributed by atoms with Gasteiger partial charge in [-0.15, -0.1) is 0 Å². The first-order valence-corrected chi connectivity index (χ1v) is 8.20. The van der Waals surface area contributed by atoms with E-state index in [1.165, 1.54) is 23.1 Å². The van der Waals surface area contributed by atoms with Crippen molar-refractivity contribution in [2.24, 2.45) is 5.92 Å². The Kier molecular flexibility index (Phi) is 5.61. The Bertz CT molecular complexity index is 688.